The fourth-order valence-electron chi connectivity index (χ4n) is 5.30. The van der Waals surface area contributed by atoms with E-state index in [2.05, 4.69) is 34.1 Å². The van der Waals surface area contributed by atoms with Gasteiger partial charge < -0.3 is 58.9 Å². The molecule has 4 unspecified atom stereocenters. The Morgan fingerprint density at radius 2 is 0.660 bits per heavy atom. The highest BCUT2D eigenvalue weighted by molar-refractivity contribution is 7.48. The Bertz CT molecular complexity index is 1310. The van der Waals surface area contributed by atoms with Crippen molar-refractivity contribution in [3.8, 4) is 0 Å². The lowest BCUT2D eigenvalue weighted by Crippen LogP contribution is -2.66. The third-order valence-corrected chi connectivity index (χ3v) is 10.9. The predicted octanol–water partition coefficient (Wildman–Crippen LogP) is 2.34. The van der Waals surface area contributed by atoms with Gasteiger partial charge in [0.25, 0.3) is 0 Å². The third kappa shape index (κ3) is 24.2. The summed E-state index contributed by atoms with van der Waals surface area (Å²) in [5, 5.41) is 10.3. The van der Waals surface area contributed by atoms with Crippen LogP contribution in [0.3, 0.4) is 0 Å². The minimum atomic E-state index is -6.08. The summed E-state index contributed by atoms with van der Waals surface area (Å²) in [5.74, 6) is 0. The van der Waals surface area contributed by atoms with Crippen LogP contribution in [-0.4, -0.2) is 108 Å². The van der Waals surface area contributed by atoms with E-state index in [0.29, 0.717) is 12.8 Å². The van der Waals surface area contributed by atoms with Crippen molar-refractivity contribution in [3.63, 3.8) is 0 Å². The molecule has 0 amide bonds. The second kappa shape index (κ2) is 22.7. The SMILES string of the molecule is CCCCCCCCCCCCCCC(O)COP(=O)(O)OC1[C@@H](OP(=O)(O)O)[C@H](OP(=O)(O)O)C(OP(=O)(O)O)[C@H](OP(=O)(O)O)[C@@H]1OP(=O)(O)O. The number of aliphatic hydroxyl groups is 1. The minimum Gasteiger partial charge on any atom is -0.391 e. The highest BCUT2D eigenvalue weighted by atomic mass is 31.2. The van der Waals surface area contributed by atoms with Crippen LogP contribution in [0.15, 0.2) is 0 Å². The van der Waals surface area contributed by atoms with Gasteiger partial charge in [-0.15, -0.1) is 0 Å². The van der Waals surface area contributed by atoms with Gasteiger partial charge in [-0.1, -0.05) is 84.0 Å². The standard InChI is InChI=1S/C22H50O25P6/c1-2-3-4-5-6-7-8-9-10-11-12-13-14-16(23)15-41-53(39,40)47-22-20(45-51(33,34)35)18(43-49(27,28)29)17(42-48(24,25)26)19(44-50(30,31)32)21(22)46-52(36,37)38/h16-23H,2-15H2,1H3,(H,39,40)(H2,24,25,26)(H2,27,28,29)(H2,30,31,32)(H2,33,34,35)(H2,36,37,38)/t16?,17?,18-,19+,20-,21-,22?/m0/s1. The lowest BCUT2D eigenvalue weighted by molar-refractivity contribution is -0.202. The van der Waals surface area contributed by atoms with Crippen LogP contribution >= 0.6 is 46.9 Å². The van der Waals surface area contributed by atoms with Crippen molar-refractivity contribution in [2.45, 2.75) is 133 Å². The summed E-state index contributed by atoms with van der Waals surface area (Å²) in [6, 6.07) is 0. The molecule has 1 fully saturated rings. The maximum absolute atomic E-state index is 13.0. The number of aliphatic hydroxyl groups excluding tert-OH is 1. The molecule has 1 rings (SSSR count). The van der Waals surface area contributed by atoms with Crippen molar-refractivity contribution in [2.75, 3.05) is 6.61 Å². The van der Waals surface area contributed by atoms with E-state index in [1.807, 2.05) is 0 Å². The molecule has 0 bridgehead atoms. The smallest absolute Gasteiger partial charge is 0.391 e. The van der Waals surface area contributed by atoms with Crippen molar-refractivity contribution in [1.82, 2.24) is 0 Å². The fourth-order valence-corrected chi connectivity index (χ4v) is 9.06. The monoisotopic (exact) mass is 900 g/mol. The van der Waals surface area contributed by atoms with Gasteiger partial charge in [0.15, 0.2) is 0 Å². The number of rotatable bonds is 28. The normalized spacial score (nSPS) is 25.3. The number of hydrogen-bond donors (Lipinski definition) is 12. The molecule has 0 aromatic heterocycles. The largest absolute Gasteiger partial charge is 0.472 e. The minimum absolute atomic E-state index is 0.0204. The molecule has 12 N–H and O–H groups in total. The van der Waals surface area contributed by atoms with E-state index in [9.17, 15) is 86.3 Å². The molecule has 8 atom stereocenters. The molecule has 0 aliphatic heterocycles. The van der Waals surface area contributed by atoms with Crippen molar-refractivity contribution in [2.24, 2.45) is 0 Å². The molecule has 25 nitrogen and oxygen atoms in total. The summed E-state index contributed by atoms with van der Waals surface area (Å²) in [7, 11) is -36.2. The first-order valence-corrected chi connectivity index (χ1v) is 25.2. The van der Waals surface area contributed by atoms with Crippen molar-refractivity contribution in [3.05, 3.63) is 0 Å². The molecule has 31 heteroatoms. The summed E-state index contributed by atoms with van der Waals surface area (Å²) in [6.07, 6.45) is -8.13. The summed E-state index contributed by atoms with van der Waals surface area (Å²) >= 11 is 0. The van der Waals surface area contributed by atoms with Gasteiger partial charge in [-0.2, -0.15) is 0 Å². The number of unbranched alkanes of at least 4 members (excludes halogenated alkanes) is 11. The van der Waals surface area contributed by atoms with Crippen LogP contribution in [0.4, 0.5) is 0 Å². The van der Waals surface area contributed by atoms with Crippen molar-refractivity contribution in [1.29, 1.82) is 0 Å². The van der Waals surface area contributed by atoms with Crippen LogP contribution in [0.2, 0.25) is 0 Å². The summed E-state index contributed by atoms with van der Waals surface area (Å²) in [5.41, 5.74) is 0. The van der Waals surface area contributed by atoms with Gasteiger partial charge in [-0.25, -0.2) is 27.4 Å². The van der Waals surface area contributed by atoms with E-state index in [-0.39, 0.29) is 6.42 Å². The van der Waals surface area contributed by atoms with Gasteiger partial charge in [0.05, 0.1) is 12.7 Å². The second-order valence-electron chi connectivity index (χ2n) is 12.0. The molecule has 1 aliphatic carbocycles. The average molecular weight is 900 g/mol. The van der Waals surface area contributed by atoms with Crippen LogP contribution < -0.4 is 0 Å². The Labute approximate surface area is 304 Å². The van der Waals surface area contributed by atoms with Gasteiger partial charge >= 0.3 is 46.9 Å². The molecule has 53 heavy (non-hydrogen) atoms. The van der Waals surface area contributed by atoms with Gasteiger partial charge in [0, 0.05) is 0 Å². The Kier molecular flexibility index (Phi) is 22.1. The number of phosphoric ester groups is 6. The molecule has 0 spiro atoms. The highest BCUT2D eigenvalue weighted by Crippen LogP contribution is 2.58. The third-order valence-electron chi connectivity index (χ3n) is 7.31. The maximum Gasteiger partial charge on any atom is 0.472 e. The first kappa shape index (κ1) is 51.6. The van der Waals surface area contributed by atoms with Gasteiger partial charge in [0.2, 0.25) is 0 Å². The number of hydrogen-bond acceptors (Lipinski definition) is 14. The molecular formula is C22H50O25P6. The molecule has 0 aromatic rings. The van der Waals surface area contributed by atoms with E-state index in [1.54, 1.807) is 0 Å². The van der Waals surface area contributed by atoms with E-state index in [4.69, 9.17) is 4.52 Å². The van der Waals surface area contributed by atoms with E-state index < -0.39 is 96.3 Å². The first-order valence-electron chi connectivity index (χ1n) is 16.1. The predicted molar refractivity (Wildman–Crippen MR) is 177 cm³/mol. The van der Waals surface area contributed by atoms with Crippen LogP contribution in [0.1, 0.15) is 90.4 Å². The van der Waals surface area contributed by atoms with E-state index in [1.165, 1.54) is 32.1 Å². The average Bonchev–Trinajstić information content (AvgIpc) is 2.95. The van der Waals surface area contributed by atoms with E-state index >= 15 is 0 Å². The van der Waals surface area contributed by atoms with E-state index in [0.717, 1.165) is 32.1 Å². The van der Waals surface area contributed by atoms with Crippen molar-refractivity contribution >= 4 is 46.9 Å². The quantitative estimate of drug-likeness (QED) is 0.0396. The fraction of sp³-hybridized carbons (Fsp3) is 1.00. The topological polar surface area (TPSA) is 410 Å². The number of phosphoric acid groups is 6. The molecule has 318 valence electrons. The maximum atomic E-state index is 13.0. The zero-order chi connectivity index (χ0) is 40.9. The summed E-state index contributed by atoms with van der Waals surface area (Å²) in [4.78, 5) is 105. The van der Waals surface area contributed by atoms with Gasteiger partial charge in [0.1, 0.15) is 36.6 Å². The molecule has 0 aromatic carbocycles. The molecular weight excluding hydrogens is 850 g/mol. The highest BCUT2D eigenvalue weighted by Gasteiger charge is 2.63. The molecule has 0 saturated heterocycles. The Morgan fingerprint density at radius 1 is 0.415 bits per heavy atom. The molecule has 1 aliphatic rings. The van der Waals surface area contributed by atoms with Gasteiger partial charge in [-0.05, 0) is 6.42 Å². The van der Waals surface area contributed by atoms with Crippen LogP contribution in [0.5, 0.6) is 0 Å². The lowest BCUT2D eigenvalue weighted by Gasteiger charge is -2.48. The zero-order valence-corrected chi connectivity index (χ0v) is 33.7. The summed E-state index contributed by atoms with van der Waals surface area (Å²) < 4.78 is 103. The Morgan fingerprint density at radius 3 is 0.925 bits per heavy atom. The van der Waals surface area contributed by atoms with Gasteiger partial charge in [-0.3, -0.25) is 31.7 Å². The van der Waals surface area contributed by atoms with Crippen LogP contribution in [0, 0.1) is 0 Å². The molecule has 0 heterocycles. The zero-order valence-electron chi connectivity index (χ0n) is 28.3. The summed E-state index contributed by atoms with van der Waals surface area (Å²) in [6.45, 7) is 1.15. The lowest BCUT2D eigenvalue weighted by atomic mass is 9.85. The van der Waals surface area contributed by atoms with Crippen molar-refractivity contribution < 1.29 is 118 Å². The first-order chi connectivity index (χ1) is 24.0. The second-order valence-corrected chi connectivity index (χ2v) is 19.3. The van der Waals surface area contributed by atoms with Crippen LogP contribution in [0.25, 0.3) is 0 Å². The van der Waals surface area contributed by atoms with Crippen LogP contribution in [-0.2, 0) is 59.1 Å². The molecule has 0 radical (unpaired) electrons. The Balaban J connectivity index is 3.27. The molecule has 1 saturated carbocycles. The Hall–Kier alpha value is 0.620.